The Morgan fingerprint density at radius 2 is 1.51 bits per heavy atom. The van der Waals surface area contributed by atoms with E-state index in [0.717, 1.165) is 27.4 Å². The van der Waals surface area contributed by atoms with Gasteiger partial charge in [-0.3, -0.25) is 14.1 Å². The fraction of sp³-hybridized carbons (Fsp3) is 0.111. The fourth-order valence-electron chi connectivity index (χ4n) is 3.65. The maximum absolute atomic E-state index is 13.5. The van der Waals surface area contributed by atoms with Crippen LogP contribution in [0, 0.1) is 6.92 Å². The molecular weight excluding hydrogens is 482 g/mol. The highest BCUT2D eigenvalue weighted by Gasteiger charge is 2.28. The number of sulfonamides is 1. The summed E-state index contributed by atoms with van der Waals surface area (Å²) in [4.78, 5) is 17.0. The number of carbonyl (C=O) groups excluding carboxylic acids is 1. The number of hydrogen-bond donors (Lipinski definition) is 1. The average Bonchev–Trinajstić information content (AvgIpc) is 2.85. The van der Waals surface area contributed by atoms with E-state index in [2.05, 4.69) is 10.3 Å². The predicted molar refractivity (Wildman–Crippen MR) is 139 cm³/mol. The molecule has 8 heteroatoms. The molecule has 0 aliphatic heterocycles. The first-order chi connectivity index (χ1) is 16.8. The fourth-order valence-corrected chi connectivity index (χ4v) is 5.26. The number of para-hydroxylation sites is 1. The van der Waals surface area contributed by atoms with Crippen LogP contribution in [0.5, 0.6) is 0 Å². The van der Waals surface area contributed by atoms with Gasteiger partial charge >= 0.3 is 0 Å². The Hall–Kier alpha value is -3.68. The molecule has 0 fully saturated rings. The van der Waals surface area contributed by atoms with Crippen LogP contribution in [0.25, 0.3) is 0 Å². The molecule has 1 heterocycles. The largest absolute Gasteiger partial charge is 0.325 e. The first-order valence-electron chi connectivity index (χ1n) is 10.9. The molecule has 0 radical (unpaired) electrons. The zero-order valence-electron chi connectivity index (χ0n) is 19.1. The maximum Gasteiger partial charge on any atom is 0.264 e. The van der Waals surface area contributed by atoms with Crippen LogP contribution in [-0.2, 0) is 21.2 Å². The second kappa shape index (κ2) is 10.7. The lowest BCUT2D eigenvalue weighted by Crippen LogP contribution is -2.38. The van der Waals surface area contributed by atoms with Gasteiger partial charge < -0.3 is 5.32 Å². The van der Waals surface area contributed by atoms with Crippen LogP contribution in [0.4, 0.5) is 11.4 Å². The van der Waals surface area contributed by atoms with Gasteiger partial charge in [0.05, 0.1) is 10.6 Å². The number of pyridine rings is 1. The van der Waals surface area contributed by atoms with Crippen LogP contribution in [0.3, 0.4) is 0 Å². The molecule has 0 saturated heterocycles. The van der Waals surface area contributed by atoms with E-state index in [1.54, 1.807) is 49.6 Å². The lowest BCUT2D eigenvalue weighted by molar-refractivity contribution is -0.114. The number of anilines is 2. The summed E-state index contributed by atoms with van der Waals surface area (Å²) in [5.74, 6) is -0.451. The van der Waals surface area contributed by atoms with Crippen molar-refractivity contribution in [2.45, 2.75) is 18.2 Å². The van der Waals surface area contributed by atoms with Crippen molar-refractivity contribution in [2.24, 2.45) is 0 Å². The molecule has 6 nitrogen and oxygen atoms in total. The molecule has 0 bridgehead atoms. The first-order valence-corrected chi connectivity index (χ1v) is 12.8. The van der Waals surface area contributed by atoms with E-state index in [9.17, 15) is 13.2 Å². The number of benzene rings is 3. The van der Waals surface area contributed by atoms with Gasteiger partial charge in [-0.05, 0) is 84.6 Å². The number of nitrogens with one attached hydrogen (secondary N) is 1. The molecule has 4 rings (SSSR count). The second-order valence-electron chi connectivity index (χ2n) is 8.03. The van der Waals surface area contributed by atoms with Crippen LogP contribution >= 0.6 is 11.6 Å². The topological polar surface area (TPSA) is 79.4 Å². The maximum atomic E-state index is 13.5. The van der Waals surface area contributed by atoms with E-state index >= 15 is 0 Å². The van der Waals surface area contributed by atoms with Gasteiger partial charge in [-0.15, -0.1) is 0 Å². The van der Waals surface area contributed by atoms with Gasteiger partial charge in [-0.2, -0.15) is 0 Å². The Labute approximate surface area is 210 Å². The number of hydrogen-bond acceptors (Lipinski definition) is 4. The van der Waals surface area contributed by atoms with Crippen molar-refractivity contribution in [1.82, 2.24) is 4.98 Å². The minimum absolute atomic E-state index is 0.0541. The lowest BCUT2D eigenvalue weighted by Gasteiger charge is -2.25. The van der Waals surface area contributed by atoms with E-state index in [0.29, 0.717) is 16.4 Å². The Balaban J connectivity index is 1.54. The molecule has 0 aliphatic carbocycles. The van der Waals surface area contributed by atoms with Gasteiger partial charge in [0.15, 0.2) is 0 Å². The molecule has 1 N–H and O–H groups in total. The van der Waals surface area contributed by atoms with Gasteiger partial charge in [0.1, 0.15) is 6.54 Å². The normalized spacial score (nSPS) is 11.1. The second-order valence-corrected chi connectivity index (χ2v) is 10.3. The molecule has 4 aromatic rings. The van der Waals surface area contributed by atoms with Crippen molar-refractivity contribution in [3.05, 3.63) is 119 Å². The summed E-state index contributed by atoms with van der Waals surface area (Å²) in [6.45, 7) is 1.42. The summed E-state index contributed by atoms with van der Waals surface area (Å²) in [7, 11) is -4.01. The highest BCUT2D eigenvalue weighted by molar-refractivity contribution is 7.92. The molecule has 0 unspecified atom stereocenters. The number of rotatable bonds is 8. The summed E-state index contributed by atoms with van der Waals surface area (Å²) in [5.41, 5.74) is 3.98. The third-order valence-electron chi connectivity index (χ3n) is 5.47. The van der Waals surface area contributed by atoms with Crippen molar-refractivity contribution in [3.8, 4) is 0 Å². The molecule has 0 spiro atoms. The highest BCUT2D eigenvalue weighted by atomic mass is 35.5. The quantitative estimate of drug-likeness (QED) is 0.344. The van der Waals surface area contributed by atoms with Gasteiger partial charge in [-0.1, -0.05) is 41.9 Å². The predicted octanol–water partition coefficient (Wildman–Crippen LogP) is 5.47. The Morgan fingerprint density at radius 3 is 2.17 bits per heavy atom. The van der Waals surface area contributed by atoms with Gasteiger partial charge in [0, 0.05) is 23.1 Å². The standard InChI is InChI=1S/C27H24ClN3O3S/c1-20-4-2-3-5-26(20)31(35(33,34)25-12-8-23(28)9-13-25)19-27(32)30-24-10-6-21(7-11-24)18-22-14-16-29-17-15-22/h2-17H,18-19H2,1H3,(H,30,32). The number of amides is 1. The zero-order valence-corrected chi connectivity index (χ0v) is 20.6. The molecule has 1 aromatic heterocycles. The van der Waals surface area contributed by atoms with Crippen molar-refractivity contribution >= 4 is 38.9 Å². The lowest BCUT2D eigenvalue weighted by atomic mass is 10.1. The monoisotopic (exact) mass is 505 g/mol. The summed E-state index contributed by atoms with van der Waals surface area (Å²) in [5, 5.41) is 3.24. The molecule has 35 heavy (non-hydrogen) atoms. The van der Waals surface area contributed by atoms with E-state index < -0.39 is 15.9 Å². The summed E-state index contributed by atoms with van der Waals surface area (Å²) in [6.07, 6.45) is 4.25. The Kier molecular flexibility index (Phi) is 7.48. The molecule has 0 aliphatic rings. The molecule has 3 aromatic carbocycles. The SMILES string of the molecule is Cc1ccccc1N(CC(=O)Nc1ccc(Cc2ccncc2)cc1)S(=O)(=O)c1ccc(Cl)cc1. The third kappa shape index (κ3) is 6.07. The highest BCUT2D eigenvalue weighted by Crippen LogP contribution is 2.27. The van der Waals surface area contributed by atoms with Crippen LogP contribution in [0.2, 0.25) is 5.02 Å². The van der Waals surface area contributed by atoms with Crippen molar-refractivity contribution < 1.29 is 13.2 Å². The number of carbonyl (C=O) groups is 1. The molecule has 1 amide bonds. The minimum atomic E-state index is -4.01. The third-order valence-corrected chi connectivity index (χ3v) is 7.49. The smallest absolute Gasteiger partial charge is 0.264 e. The van der Waals surface area contributed by atoms with Gasteiger partial charge in [0.25, 0.3) is 10.0 Å². The first kappa shape index (κ1) is 24.4. The zero-order chi connectivity index (χ0) is 24.8. The summed E-state index contributed by atoms with van der Waals surface area (Å²) >= 11 is 5.94. The van der Waals surface area contributed by atoms with E-state index in [-0.39, 0.29) is 11.4 Å². The Bertz CT molecular complexity index is 1410. The van der Waals surface area contributed by atoms with Crippen molar-refractivity contribution in [3.63, 3.8) is 0 Å². The van der Waals surface area contributed by atoms with E-state index in [1.165, 1.54) is 24.3 Å². The van der Waals surface area contributed by atoms with Gasteiger partial charge in [0.2, 0.25) is 5.91 Å². The molecular formula is C27H24ClN3O3S. The summed E-state index contributed by atoms with van der Waals surface area (Å²) in [6, 6.07) is 24.3. The van der Waals surface area contributed by atoms with Crippen LogP contribution in [0.1, 0.15) is 16.7 Å². The average molecular weight is 506 g/mol. The van der Waals surface area contributed by atoms with Crippen LogP contribution in [0.15, 0.2) is 102 Å². The number of nitrogens with zero attached hydrogens (tertiary/aromatic N) is 2. The van der Waals surface area contributed by atoms with Crippen molar-refractivity contribution in [2.75, 3.05) is 16.2 Å². The summed E-state index contributed by atoms with van der Waals surface area (Å²) < 4.78 is 28.1. The number of halogens is 1. The molecule has 0 atom stereocenters. The Morgan fingerprint density at radius 1 is 0.886 bits per heavy atom. The minimum Gasteiger partial charge on any atom is -0.325 e. The van der Waals surface area contributed by atoms with E-state index in [1.807, 2.05) is 30.3 Å². The molecule has 178 valence electrons. The van der Waals surface area contributed by atoms with E-state index in [4.69, 9.17) is 11.6 Å². The number of aromatic nitrogens is 1. The van der Waals surface area contributed by atoms with Crippen LogP contribution < -0.4 is 9.62 Å². The van der Waals surface area contributed by atoms with Crippen molar-refractivity contribution in [1.29, 1.82) is 0 Å². The number of aryl methyl sites for hydroxylation is 1. The molecule has 0 saturated carbocycles. The van der Waals surface area contributed by atoms with Crippen LogP contribution in [-0.4, -0.2) is 25.9 Å². The van der Waals surface area contributed by atoms with Gasteiger partial charge in [-0.25, -0.2) is 8.42 Å².